The number of hydrogen-bond acceptors (Lipinski definition) is 5. The van der Waals surface area contributed by atoms with Crippen LogP contribution in [0, 0.1) is 6.92 Å². The minimum absolute atomic E-state index is 0. The second kappa shape index (κ2) is 10.6. The van der Waals surface area contributed by atoms with Gasteiger partial charge in [-0.3, -0.25) is 0 Å². The van der Waals surface area contributed by atoms with E-state index >= 15 is 0 Å². The van der Waals surface area contributed by atoms with Gasteiger partial charge >= 0.3 is 0 Å². The van der Waals surface area contributed by atoms with Crippen molar-refractivity contribution in [3.8, 4) is 0 Å². The van der Waals surface area contributed by atoms with E-state index in [-0.39, 0.29) is 34.2 Å². The molecular weight excluding hydrogens is 503 g/mol. The van der Waals surface area contributed by atoms with E-state index in [1.54, 1.807) is 17.4 Å². The van der Waals surface area contributed by atoms with Crippen LogP contribution in [0.3, 0.4) is 0 Å². The maximum Gasteiger partial charge on any atom is 0.247 e. The van der Waals surface area contributed by atoms with Crippen molar-refractivity contribution in [1.82, 2.24) is 10.6 Å². The first-order valence-electron chi connectivity index (χ1n) is 7.99. The van der Waals surface area contributed by atoms with Gasteiger partial charge in [0.25, 0.3) is 0 Å². The zero-order chi connectivity index (χ0) is 18.4. The molecule has 4 N–H and O–H groups in total. The summed E-state index contributed by atoms with van der Waals surface area (Å²) < 4.78 is 22.8. The van der Waals surface area contributed by atoms with Gasteiger partial charge in [-0.05, 0) is 45.0 Å². The van der Waals surface area contributed by atoms with Gasteiger partial charge in [0.1, 0.15) is 4.21 Å². The molecule has 2 aromatic rings. The zero-order valence-electron chi connectivity index (χ0n) is 15.0. The van der Waals surface area contributed by atoms with Crippen LogP contribution in [-0.2, 0) is 23.0 Å². The average molecular weight is 529 g/mol. The third-order valence-electron chi connectivity index (χ3n) is 3.34. The van der Waals surface area contributed by atoms with Crippen molar-refractivity contribution in [3.63, 3.8) is 0 Å². The number of nitrogens with one attached hydrogen (secondary N) is 2. The summed E-state index contributed by atoms with van der Waals surface area (Å²) in [5, 5.41) is 11.7. The molecular formula is C16H25IN4O2S3. The molecule has 0 aliphatic carbocycles. The molecule has 2 heterocycles. The Labute approximate surface area is 180 Å². The van der Waals surface area contributed by atoms with Crippen molar-refractivity contribution in [3.05, 3.63) is 38.9 Å². The number of guanidine groups is 1. The Morgan fingerprint density at radius 1 is 1.23 bits per heavy atom. The fourth-order valence-corrected chi connectivity index (χ4v) is 4.98. The maximum absolute atomic E-state index is 11.3. The monoisotopic (exact) mass is 528 g/mol. The van der Waals surface area contributed by atoms with E-state index in [0.717, 1.165) is 29.2 Å². The molecule has 2 aromatic heterocycles. The molecule has 26 heavy (non-hydrogen) atoms. The number of nitrogens with zero attached hydrogens (tertiary/aromatic N) is 1. The number of rotatable bonds is 7. The molecule has 0 bridgehead atoms. The number of primary sulfonamides is 1. The highest BCUT2D eigenvalue weighted by Crippen LogP contribution is 2.21. The highest BCUT2D eigenvalue weighted by molar-refractivity contribution is 14.0. The fourth-order valence-electron chi connectivity index (χ4n) is 2.25. The fraction of sp³-hybridized carbons (Fsp3) is 0.438. The molecule has 0 radical (unpaired) electrons. The van der Waals surface area contributed by atoms with Crippen molar-refractivity contribution in [2.24, 2.45) is 10.1 Å². The summed E-state index contributed by atoms with van der Waals surface area (Å²) in [6.45, 7) is 7.39. The lowest BCUT2D eigenvalue weighted by molar-refractivity contribution is 0.600. The Bertz CT molecular complexity index is 830. The molecule has 0 saturated heterocycles. The Kier molecular flexibility index (Phi) is 9.51. The molecule has 10 heteroatoms. The third kappa shape index (κ3) is 7.51. The van der Waals surface area contributed by atoms with Gasteiger partial charge in [0.15, 0.2) is 5.96 Å². The largest absolute Gasteiger partial charge is 0.357 e. The van der Waals surface area contributed by atoms with E-state index in [4.69, 9.17) is 5.14 Å². The van der Waals surface area contributed by atoms with Gasteiger partial charge in [0.05, 0.1) is 6.54 Å². The molecule has 1 atom stereocenters. The number of halogens is 1. The molecule has 146 valence electrons. The second-order valence-electron chi connectivity index (χ2n) is 5.72. The van der Waals surface area contributed by atoms with E-state index in [1.807, 2.05) is 6.92 Å². The van der Waals surface area contributed by atoms with E-state index in [2.05, 4.69) is 41.6 Å². The molecule has 6 nitrogen and oxygen atoms in total. The second-order valence-corrected chi connectivity index (χ2v) is 10.1. The van der Waals surface area contributed by atoms with Crippen LogP contribution in [0.2, 0.25) is 0 Å². The van der Waals surface area contributed by atoms with Crippen LogP contribution >= 0.6 is 46.7 Å². The van der Waals surface area contributed by atoms with Crippen LogP contribution in [0.25, 0.3) is 0 Å². The summed E-state index contributed by atoms with van der Waals surface area (Å²) in [5.74, 6) is 0.717. The molecule has 0 aliphatic rings. The van der Waals surface area contributed by atoms with E-state index in [1.165, 1.54) is 15.8 Å². The summed E-state index contributed by atoms with van der Waals surface area (Å²) in [6, 6.07) is 7.79. The smallest absolute Gasteiger partial charge is 0.247 e. The van der Waals surface area contributed by atoms with Crippen LogP contribution < -0.4 is 15.8 Å². The zero-order valence-corrected chi connectivity index (χ0v) is 19.8. The summed E-state index contributed by atoms with van der Waals surface area (Å²) in [5.41, 5.74) is 0. The van der Waals surface area contributed by atoms with Crippen LogP contribution in [-0.4, -0.2) is 27.0 Å². The van der Waals surface area contributed by atoms with Crippen LogP contribution in [0.1, 0.15) is 28.5 Å². The average Bonchev–Trinajstić information content (AvgIpc) is 3.13. The summed E-state index contributed by atoms with van der Waals surface area (Å²) in [7, 11) is -3.64. The van der Waals surface area contributed by atoms with Gasteiger partial charge in [0.2, 0.25) is 10.0 Å². The third-order valence-corrected chi connectivity index (χ3v) is 6.87. The van der Waals surface area contributed by atoms with Gasteiger partial charge in [0, 0.05) is 33.6 Å². The lowest BCUT2D eigenvalue weighted by atomic mass is 10.2. The number of sulfonamides is 1. The quantitative estimate of drug-likeness (QED) is 0.293. The Morgan fingerprint density at radius 2 is 1.92 bits per heavy atom. The topological polar surface area (TPSA) is 96.6 Å². The standard InChI is InChI=1S/C16H24N4O2S3.HI/c1-4-18-16(20-11(2)9-13-6-5-12(3)23-13)19-10-14-7-8-15(24-14)25(17,21)22;/h5-8,11H,4,9-10H2,1-3H3,(H2,17,21,22)(H2,18,19,20);1H. The summed E-state index contributed by atoms with van der Waals surface area (Å²) >= 11 is 2.95. The Hall–Kier alpha value is -0.690. The van der Waals surface area contributed by atoms with E-state index < -0.39 is 10.0 Å². The lowest BCUT2D eigenvalue weighted by Crippen LogP contribution is -2.43. The van der Waals surface area contributed by atoms with Crippen molar-refractivity contribution >= 4 is 62.6 Å². The van der Waals surface area contributed by atoms with Crippen LogP contribution in [0.4, 0.5) is 0 Å². The van der Waals surface area contributed by atoms with Crippen LogP contribution in [0.5, 0.6) is 0 Å². The van der Waals surface area contributed by atoms with Gasteiger partial charge in [-0.25, -0.2) is 18.5 Å². The normalized spacial score (nSPS) is 13.2. The van der Waals surface area contributed by atoms with Crippen molar-refractivity contribution < 1.29 is 8.42 Å². The minimum atomic E-state index is -3.64. The number of nitrogens with two attached hydrogens (primary N) is 1. The highest BCUT2D eigenvalue weighted by Gasteiger charge is 2.12. The van der Waals surface area contributed by atoms with Crippen LogP contribution in [0.15, 0.2) is 33.5 Å². The summed E-state index contributed by atoms with van der Waals surface area (Å²) in [4.78, 5) is 8.04. The lowest BCUT2D eigenvalue weighted by Gasteiger charge is -2.17. The predicted molar refractivity (Wildman–Crippen MR) is 121 cm³/mol. The molecule has 0 fully saturated rings. The predicted octanol–water partition coefficient (Wildman–Crippen LogP) is 3.07. The van der Waals surface area contributed by atoms with Crippen molar-refractivity contribution in [2.75, 3.05) is 6.54 Å². The number of hydrogen-bond donors (Lipinski definition) is 3. The van der Waals surface area contributed by atoms with Crippen molar-refractivity contribution in [1.29, 1.82) is 0 Å². The molecule has 1 unspecified atom stereocenters. The van der Waals surface area contributed by atoms with Gasteiger partial charge < -0.3 is 10.6 Å². The minimum Gasteiger partial charge on any atom is -0.357 e. The highest BCUT2D eigenvalue weighted by atomic mass is 127. The molecule has 0 aliphatic heterocycles. The van der Waals surface area contributed by atoms with E-state index in [9.17, 15) is 8.42 Å². The van der Waals surface area contributed by atoms with Gasteiger partial charge in [-0.15, -0.1) is 46.7 Å². The van der Waals surface area contributed by atoms with Gasteiger partial charge in [-0.2, -0.15) is 0 Å². The molecule has 0 amide bonds. The Balaban J connectivity index is 0.00000338. The van der Waals surface area contributed by atoms with Gasteiger partial charge in [-0.1, -0.05) is 0 Å². The Morgan fingerprint density at radius 3 is 2.46 bits per heavy atom. The molecule has 0 saturated carbocycles. The first kappa shape index (κ1) is 23.3. The number of thiophene rings is 2. The molecule has 0 spiro atoms. The SMILES string of the molecule is CCNC(=NCc1ccc(S(N)(=O)=O)s1)NC(C)Cc1ccc(C)s1.I. The molecule has 2 rings (SSSR count). The first-order chi connectivity index (χ1) is 11.8. The number of aliphatic imine (C=N–C) groups is 1. The number of aryl methyl sites for hydroxylation is 1. The summed E-state index contributed by atoms with van der Waals surface area (Å²) in [6.07, 6.45) is 0.928. The molecule has 0 aromatic carbocycles. The van der Waals surface area contributed by atoms with Crippen molar-refractivity contribution in [2.45, 2.75) is 44.0 Å². The first-order valence-corrected chi connectivity index (χ1v) is 11.2. The van der Waals surface area contributed by atoms with E-state index in [0.29, 0.717) is 12.5 Å². The maximum atomic E-state index is 11.3.